The number of ether oxygens (including phenoxy) is 1. The highest BCUT2D eigenvalue weighted by Crippen LogP contribution is 2.21. The van der Waals surface area contributed by atoms with Crippen molar-refractivity contribution in [2.24, 2.45) is 0 Å². The van der Waals surface area contributed by atoms with E-state index in [1.54, 1.807) is 7.11 Å². The number of hydrogen-bond donors (Lipinski definition) is 1. The molecule has 1 saturated heterocycles. The fourth-order valence-electron chi connectivity index (χ4n) is 2.50. The van der Waals surface area contributed by atoms with Crippen molar-refractivity contribution in [1.82, 2.24) is 15.5 Å². The number of benzene rings is 1. The number of piperidine rings is 1. The molecule has 2 aromatic rings. The molecular formula is C15H19N3O2. The first kappa shape index (κ1) is 13.1. The van der Waals surface area contributed by atoms with E-state index in [4.69, 9.17) is 9.26 Å². The molecule has 20 heavy (non-hydrogen) atoms. The van der Waals surface area contributed by atoms with Crippen LogP contribution in [0.25, 0.3) is 0 Å². The predicted molar refractivity (Wildman–Crippen MR) is 74.9 cm³/mol. The predicted octanol–water partition coefficient (Wildman–Crippen LogP) is 2.14. The van der Waals surface area contributed by atoms with E-state index < -0.39 is 0 Å². The molecule has 3 rings (SSSR count). The van der Waals surface area contributed by atoms with E-state index in [9.17, 15) is 0 Å². The molecule has 106 valence electrons. The van der Waals surface area contributed by atoms with E-state index in [-0.39, 0.29) is 0 Å². The summed E-state index contributed by atoms with van der Waals surface area (Å²) in [5.74, 6) is 2.75. The number of nitrogens with zero attached hydrogens (tertiary/aromatic N) is 2. The normalized spacial score (nSPS) is 18.9. The van der Waals surface area contributed by atoms with E-state index in [2.05, 4.69) is 15.5 Å². The van der Waals surface area contributed by atoms with Gasteiger partial charge in [-0.1, -0.05) is 17.3 Å². The molecule has 1 aromatic carbocycles. The summed E-state index contributed by atoms with van der Waals surface area (Å²) in [5.41, 5.74) is 1.14. The smallest absolute Gasteiger partial charge is 0.231 e. The summed E-state index contributed by atoms with van der Waals surface area (Å²) in [7, 11) is 1.66. The highest BCUT2D eigenvalue weighted by molar-refractivity contribution is 5.28. The first-order valence-corrected chi connectivity index (χ1v) is 7.01. The Morgan fingerprint density at radius 2 is 2.20 bits per heavy atom. The van der Waals surface area contributed by atoms with Gasteiger partial charge in [0.2, 0.25) is 5.89 Å². The zero-order valence-corrected chi connectivity index (χ0v) is 11.6. The van der Waals surface area contributed by atoms with Gasteiger partial charge in [0.25, 0.3) is 0 Å². The van der Waals surface area contributed by atoms with Gasteiger partial charge in [-0.15, -0.1) is 0 Å². The lowest BCUT2D eigenvalue weighted by Gasteiger charge is -2.19. The van der Waals surface area contributed by atoms with E-state index >= 15 is 0 Å². The van der Waals surface area contributed by atoms with Gasteiger partial charge in [0, 0.05) is 12.5 Å². The molecule has 0 amide bonds. The lowest BCUT2D eigenvalue weighted by molar-refractivity contribution is 0.366. The molecule has 5 nitrogen and oxygen atoms in total. The van der Waals surface area contributed by atoms with Crippen LogP contribution in [0, 0.1) is 0 Å². The van der Waals surface area contributed by atoms with Gasteiger partial charge in [0.1, 0.15) is 5.75 Å². The Morgan fingerprint density at radius 3 is 2.90 bits per heavy atom. The fraction of sp³-hybridized carbons (Fsp3) is 0.467. The molecule has 0 radical (unpaired) electrons. The van der Waals surface area contributed by atoms with Gasteiger partial charge in [0.05, 0.1) is 13.5 Å². The van der Waals surface area contributed by atoms with Crippen LogP contribution in [0.1, 0.15) is 36.0 Å². The van der Waals surface area contributed by atoms with E-state index in [0.29, 0.717) is 18.2 Å². The number of rotatable bonds is 4. The third kappa shape index (κ3) is 2.99. The maximum Gasteiger partial charge on any atom is 0.231 e. The number of hydrogen-bond acceptors (Lipinski definition) is 5. The molecule has 1 aromatic heterocycles. The highest BCUT2D eigenvalue weighted by atomic mass is 16.5. The van der Waals surface area contributed by atoms with Crippen molar-refractivity contribution in [3.05, 3.63) is 41.5 Å². The fourth-order valence-corrected chi connectivity index (χ4v) is 2.50. The average Bonchev–Trinajstić information content (AvgIpc) is 2.97. The third-order valence-electron chi connectivity index (χ3n) is 3.66. The number of methoxy groups -OCH3 is 1. The molecule has 5 heteroatoms. The van der Waals surface area contributed by atoms with Gasteiger partial charge in [-0.05, 0) is 37.1 Å². The Morgan fingerprint density at radius 1 is 1.35 bits per heavy atom. The van der Waals surface area contributed by atoms with Crippen LogP contribution in [-0.4, -0.2) is 30.3 Å². The molecule has 0 bridgehead atoms. The summed E-state index contributed by atoms with van der Waals surface area (Å²) in [6, 6.07) is 7.92. The zero-order chi connectivity index (χ0) is 13.8. The quantitative estimate of drug-likeness (QED) is 0.924. The lowest BCUT2D eigenvalue weighted by atomic mass is 9.99. The standard InChI is InChI=1S/C15H19N3O2/c1-19-13-6-4-11(5-7-13)9-14-17-15(18-20-14)12-3-2-8-16-10-12/h4-7,12,16H,2-3,8-10H2,1H3. The van der Waals surface area contributed by atoms with Crippen molar-refractivity contribution in [3.63, 3.8) is 0 Å². The summed E-state index contributed by atoms with van der Waals surface area (Å²) in [5, 5.41) is 7.49. The molecule has 1 aliphatic rings. The molecule has 0 aliphatic carbocycles. The van der Waals surface area contributed by atoms with Crippen LogP contribution in [-0.2, 0) is 6.42 Å². The maximum atomic E-state index is 5.36. The SMILES string of the molecule is COc1ccc(Cc2nc(C3CCCNC3)no2)cc1. The summed E-state index contributed by atoms with van der Waals surface area (Å²) in [6.07, 6.45) is 2.97. The number of nitrogens with one attached hydrogen (secondary N) is 1. The summed E-state index contributed by atoms with van der Waals surface area (Å²) < 4.78 is 10.5. The Balaban J connectivity index is 1.66. The van der Waals surface area contributed by atoms with Crippen LogP contribution < -0.4 is 10.1 Å². The molecular weight excluding hydrogens is 254 g/mol. The molecule has 0 saturated carbocycles. The monoisotopic (exact) mass is 273 g/mol. The summed E-state index contributed by atoms with van der Waals surface area (Å²) in [6.45, 7) is 2.04. The minimum Gasteiger partial charge on any atom is -0.497 e. The van der Waals surface area contributed by atoms with Gasteiger partial charge in [-0.25, -0.2) is 0 Å². The van der Waals surface area contributed by atoms with Crippen LogP contribution in [0.15, 0.2) is 28.8 Å². The van der Waals surface area contributed by atoms with Gasteiger partial charge < -0.3 is 14.6 Å². The van der Waals surface area contributed by atoms with Crippen LogP contribution in [0.2, 0.25) is 0 Å². The lowest BCUT2D eigenvalue weighted by Crippen LogP contribution is -2.28. The molecule has 1 N–H and O–H groups in total. The summed E-state index contributed by atoms with van der Waals surface area (Å²) in [4.78, 5) is 4.52. The molecule has 1 aliphatic heterocycles. The Hall–Kier alpha value is -1.88. The Labute approximate surface area is 118 Å². The molecule has 0 spiro atoms. The highest BCUT2D eigenvalue weighted by Gasteiger charge is 2.20. The molecule has 1 atom stereocenters. The van der Waals surface area contributed by atoms with Crippen molar-refractivity contribution >= 4 is 0 Å². The van der Waals surface area contributed by atoms with E-state index in [1.165, 1.54) is 6.42 Å². The van der Waals surface area contributed by atoms with Crippen molar-refractivity contribution in [2.45, 2.75) is 25.2 Å². The second-order valence-electron chi connectivity index (χ2n) is 5.11. The minimum atomic E-state index is 0.386. The zero-order valence-electron chi connectivity index (χ0n) is 11.6. The molecule has 2 heterocycles. The van der Waals surface area contributed by atoms with Gasteiger partial charge in [0.15, 0.2) is 5.82 Å². The van der Waals surface area contributed by atoms with Gasteiger partial charge in [-0.3, -0.25) is 0 Å². The first-order valence-electron chi connectivity index (χ1n) is 7.01. The number of aromatic nitrogens is 2. The molecule has 1 unspecified atom stereocenters. The Bertz CT molecular complexity index is 545. The maximum absolute atomic E-state index is 5.36. The van der Waals surface area contributed by atoms with Crippen LogP contribution in [0.4, 0.5) is 0 Å². The van der Waals surface area contributed by atoms with Crippen LogP contribution in [0.5, 0.6) is 5.75 Å². The topological polar surface area (TPSA) is 60.2 Å². The van der Waals surface area contributed by atoms with Crippen LogP contribution >= 0.6 is 0 Å². The van der Waals surface area contributed by atoms with Crippen molar-refractivity contribution in [1.29, 1.82) is 0 Å². The largest absolute Gasteiger partial charge is 0.497 e. The van der Waals surface area contributed by atoms with Gasteiger partial charge in [-0.2, -0.15) is 4.98 Å². The Kier molecular flexibility index (Phi) is 3.97. The molecule has 1 fully saturated rings. The third-order valence-corrected chi connectivity index (χ3v) is 3.66. The first-order chi connectivity index (χ1) is 9.85. The van der Waals surface area contributed by atoms with Crippen molar-refractivity contribution in [2.75, 3.05) is 20.2 Å². The average molecular weight is 273 g/mol. The van der Waals surface area contributed by atoms with E-state index in [1.807, 2.05) is 24.3 Å². The van der Waals surface area contributed by atoms with Crippen LogP contribution in [0.3, 0.4) is 0 Å². The second kappa shape index (κ2) is 6.05. The van der Waals surface area contributed by atoms with Crippen molar-refractivity contribution in [3.8, 4) is 5.75 Å². The van der Waals surface area contributed by atoms with Crippen molar-refractivity contribution < 1.29 is 9.26 Å². The van der Waals surface area contributed by atoms with E-state index in [0.717, 1.165) is 36.6 Å². The van der Waals surface area contributed by atoms with Gasteiger partial charge >= 0.3 is 0 Å². The second-order valence-corrected chi connectivity index (χ2v) is 5.11. The minimum absolute atomic E-state index is 0.386. The summed E-state index contributed by atoms with van der Waals surface area (Å²) >= 11 is 0.